The third-order valence-corrected chi connectivity index (χ3v) is 4.36. The summed E-state index contributed by atoms with van der Waals surface area (Å²) in [6, 6.07) is 0.318. The van der Waals surface area contributed by atoms with Crippen LogP contribution in [0.3, 0.4) is 0 Å². The van der Waals surface area contributed by atoms with E-state index in [0.29, 0.717) is 18.3 Å². The van der Waals surface area contributed by atoms with Crippen LogP contribution in [-0.4, -0.2) is 50.9 Å². The first-order valence-electron chi connectivity index (χ1n) is 6.42. The highest BCUT2D eigenvalue weighted by Crippen LogP contribution is 2.16. The SMILES string of the molecule is Cc1ncsc1CN(C)C(=O)c1cn(C2CNC2)nn1. The smallest absolute Gasteiger partial charge is 0.276 e. The van der Waals surface area contributed by atoms with Gasteiger partial charge in [-0.2, -0.15) is 0 Å². The summed E-state index contributed by atoms with van der Waals surface area (Å²) in [6.07, 6.45) is 1.73. The minimum atomic E-state index is -0.115. The van der Waals surface area contributed by atoms with Gasteiger partial charge in [0.15, 0.2) is 5.69 Å². The highest BCUT2D eigenvalue weighted by molar-refractivity contribution is 7.09. The van der Waals surface area contributed by atoms with Gasteiger partial charge < -0.3 is 10.2 Å². The lowest BCUT2D eigenvalue weighted by atomic mass is 10.2. The van der Waals surface area contributed by atoms with E-state index in [0.717, 1.165) is 23.7 Å². The van der Waals surface area contributed by atoms with Crippen LogP contribution >= 0.6 is 11.3 Å². The van der Waals surface area contributed by atoms with Gasteiger partial charge in [0.1, 0.15) is 0 Å². The molecule has 1 aliphatic heterocycles. The molecule has 1 N–H and O–H groups in total. The molecule has 1 aliphatic rings. The number of carbonyl (C=O) groups is 1. The summed E-state index contributed by atoms with van der Waals surface area (Å²) in [5.41, 5.74) is 3.16. The van der Waals surface area contributed by atoms with Gasteiger partial charge in [0, 0.05) is 25.0 Å². The third-order valence-electron chi connectivity index (χ3n) is 3.44. The van der Waals surface area contributed by atoms with E-state index in [9.17, 15) is 4.79 Å². The topological polar surface area (TPSA) is 75.9 Å². The molecule has 0 spiro atoms. The molecule has 2 aromatic heterocycles. The summed E-state index contributed by atoms with van der Waals surface area (Å²) in [5, 5.41) is 11.2. The summed E-state index contributed by atoms with van der Waals surface area (Å²) < 4.78 is 1.76. The molecular weight excluding hydrogens is 276 g/mol. The van der Waals surface area contributed by atoms with Crippen molar-refractivity contribution in [2.24, 2.45) is 0 Å². The van der Waals surface area contributed by atoms with Gasteiger partial charge in [0.2, 0.25) is 0 Å². The van der Waals surface area contributed by atoms with Gasteiger partial charge in [-0.05, 0) is 6.92 Å². The molecule has 0 aliphatic carbocycles. The van der Waals surface area contributed by atoms with Gasteiger partial charge in [-0.25, -0.2) is 9.67 Å². The number of carbonyl (C=O) groups excluding carboxylic acids is 1. The lowest BCUT2D eigenvalue weighted by molar-refractivity contribution is 0.0780. The number of rotatable bonds is 4. The molecule has 7 nitrogen and oxygen atoms in total. The van der Waals surface area contributed by atoms with Gasteiger partial charge in [-0.3, -0.25) is 4.79 Å². The summed E-state index contributed by atoms with van der Waals surface area (Å²) in [4.78, 5) is 19.2. The summed E-state index contributed by atoms with van der Waals surface area (Å²) in [6.45, 7) is 4.26. The van der Waals surface area contributed by atoms with Crippen LogP contribution in [0.25, 0.3) is 0 Å². The molecule has 0 radical (unpaired) electrons. The van der Waals surface area contributed by atoms with Crippen molar-refractivity contribution in [3.05, 3.63) is 28.0 Å². The monoisotopic (exact) mass is 292 g/mol. The maximum atomic E-state index is 12.3. The van der Waals surface area contributed by atoms with E-state index in [4.69, 9.17) is 0 Å². The van der Waals surface area contributed by atoms with Crippen LogP contribution in [0.1, 0.15) is 27.1 Å². The van der Waals surface area contributed by atoms with Crippen molar-refractivity contribution in [3.8, 4) is 0 Å². The Hall–Kier alpha value is -1.80. The van der Waals surface area contributed by atoms with Crippen molar-refractivity contribution >= 4 is 17.2 Å². The first kappa shape index (κ1) is 13.2. The molecule has 8 heteroatoms. The molecule has 20 heavy (non-hydrogen) atoms. The second kappa shape index (κ2) is 5.29. The Bertz CT molecular complexity index is 617. The number of hydrogen-bond acceptors (Lipinski definition) is 6. The Morgan fingerprint density at radius 3 is 3.00 bits per heavy atom. The fourth-order valence-corrected chi connectivity index (χ4v) is 2.80. The van der Waals surface area contributed by atoms with E-state index >= 15 is 0 Å². The molecule has 0 atom stereocenters. The van der Waals surface area contributed by atoms with E-state index in [-0.39, 0.29) is 5.91 Å². The first-order chi connectivity index (χ1) is 9.65. The van der Waals surface area contributed by atoms with Crippen molar-refractivity contribution < 1.29 is 4.79 Å². The molecule has 1 amide bonds. The molecule has 3 heterocycles. The Balaban J connectivity index is 1.68. The molecule has 2 aromatic rings. The van der Waals surface area contributed by atoms with Crippen LogP contribution in [0.5, 0.6) is 0 Å². The lowest BCUT2D eigenvalue weighted by Gasteiger charge is -2.26. The fourth-order valence-electron chi connectivity index (χ4n) is 1.97. The van der Waals surface area contributed by atoms with E-state index < -0.39 is 0 Å². The number of aromatic nitrogens is 4. The molecule has 0 bridgehead atoms. The van der Waals surface area contributed by atoms with Crippen molar-refractivity contribution in [2.45, 2.75) is 19.5 Å². The Labute approximate surface area is 120 Å². The standard InChI is InChI=1S/C12H16N6OS/c1-8-11(20-7-14-8)6-17(2)12(19)10-5-18(16-15-10)9-3-13-4-9/h5,7,9,13H,3-4,6H2,1-2H3. The van der Waals surface area contributed by atoms with Crippen molar-refractivity contribution in [1.29, 1.82) is 0 Å². The van der Waals surface area contributed by atoms with E-state index in [1.807, 2.05) is 6.92 Å². The Morgan fingerprint density at radius 2 is 2.40 bits per heavy atom. The third kappa shape index (κ3) is 2.44. The van der Waals surface area contributed by atoms with Crippen LogP contribution < -0.4 is 5.32 Å². The molecular formula is C12H16N6OS. The first-order valence-corrected chi connectivity index (χ1v) is 7.30. The van der Waals surface area contributed by atoms with Crippen LogP contribution in [0, 0.1) is 6.92 Å². The van der Waals surface area contributed by atoms with Crippen molar-refractivity contribution in [1.82, 2.24) is 30.2 Å². The summed E-state index contributed by atoms with van der Waals surface area (Å²) in [7, 11) is 1.77. The zero-order chi connectivity index (χ0) is 14.1. The number of nitrogens with one attached hydrogen (secondary N) is 1. The fraction of sp³-hybridized carbons (Fsp3) is 0.500. The van der Waals surface area contributed by atoms with Crippen LogP contribution in [-0.2, 0) is 6.54 Å². The van der Waals surface area contributed by atoms with Gasteiger partial charge in [-0.15, -0.1) is 16.4 Å². The molecule has 0 unspecified atom stereocenters. The van der Waals surface area contributed by atoms with E-state index in [2.05, 4.69) is 20.6 Å². The molecule has 0 aromatic carbocycles. The van der Waals surface area contributed by atoms with Crippen LogP contribution in [0.4, 0.5) is 0 Å². The predicted molar refractivity (Wildman–Crippen MR) is 74.6 cm³/mol. The molecule has 3 rings (SSSR count). The molecule has 1 fully saturated rings. The van der Waals surface area contributed by atoms with Gasteiger partial charge in [0.05, 0.1) is 30.0 Å². The van der Waals surface area contributed by atoms with Gasteiger partial charge in [-0.1, -0.05) is 5.21 Å². The highest BCUT2D eigenvalue weighted by Gasteiger charge is 2.23. The van der Waals surface area contributed by atoms with Gasteiger partial charge in [0.25, 0.3) is 5.91 Å². The minimum Gasteiger partial charge on any atom is -0.335 e. The van der Waals surface area contributed by atoms with Crippen molar-refractivity contribution in [2.75, 3.05) is 20.1 Å². The molecule has 106 valence electrons. The van der Waals surface area contributed by atoms with Crippen LogP contribution in [0.2, 0.25) is 0 Å². The maximum absolute atomic E-state index is 12.3. The zero-order valence-electron chi connectivity index (χ0n) is 11.4. The average Bonchev–Trinajstić information content (AvgIpc) is 2.97. The summed E-state index contributed by atoms with van der Waals surface area (Å²) in [5.74, 6) is -0.115. The highest BCUT2D eigenvalue weighted by atomic mass is 32.1. The Kier molecular flexibility index (Phi) is 3.49. The largest absolute Gasteiger partial charge is 0.335 e. The molecule has 1 saturated heterocycles. The van der Waals surface area contributed by atoms with E-state index in [1.54, 1.807) is 39.7 Å². The predicted octanol–water partition coefficient (Wildman–Crippen LogP) is 0.460. The Morgan fingerprint density at radius 1 is 1.60 bits per heavy atom. The number of hydrogen-bond donors (Lipinski definition) is 1. The van der Waals surface area contributed by atoms with Crippen LogP contribution in [0.15, 0.2) is 11.7 Å². The van der Waals surface area contributed by atoms with E-state index in [1.165, 1.54) is 0 Å². The number of aryl methyl sites for hydroxylation is 1. The van der Waals surface area contributed by atoms with Gasteiger partial charge >= 0.3 is 0 Å². The zero-order valence-corrected chi connectivity index (χ0v) is 12.2. The molecule has 0 saturated carbocycles. The second-order valence-corrected chi connectivity index (χ2v) is 5.86. The van der Waals surface area contributed by atoms with Crippen molar-refractivity contribution in [3.63, 3.8) is 0 Å². The minimum absolute atomic E-state index is 0.115. The quantitative estimate of drug-likeness (QED) is 0.886. The normalized spacial score (nSPS) is 15.1. The number of nitrogens with zero attached hydrogens (tertiary/aromatic N) is 5. The number of amides is 1. The summed E-state index contributed by atoms with van der Waals surface area (Å²) >= 11 is 1.56. The maximum Gasteiger partial charge on any atom is 0.276 e. The lowest BCUT2D eigenvalue weighted by Crippen LogP contribution is -2.43. The second-order valence-electron chi connectivity index (χ2n) is 4.92. The number of thiazole rings is 1. The average molecular weight is 292 g/mol.